The Hall–Kier alpha value is -1.81. The van der Waals surface area contributed by atoms with Gasteiger partial charge in [0.2, 0.25) is 0 Å². The minimum Gasteiger partial charge on any atom is -0.488 e. The summed E-state index contributed by atoms with van der Waals surface area (Å²) < 4.78 is 5.85. The molecule has 1 atom stereocenters. The zero-order valence-corrected chi connectivity index (χ0v) is 11.1. The molecule has 19 heavy (non-hydrogen) atoms. The summed E-state index contributed by atoms with van der Waals surface area (Å²) in [7, 11) is 0. The second kappa shape index (κ2) is 5.89. The summed E-state index contributed by atoms with van der Waals surface area (Å²) in [6, 6.07) is 6.14. The Morgan fingerprint density at radius 3 is 3.11 bits per heavy atom. The number of carboxylic acids is 1. The van der Waals surface area contributed by atoms with E-state index in [9.17, 15) is 4.79 Å². The number of carboxylic acid groups (broad SMARTS) is 1. The molecule has 0 radical (unpaired) electrons. The average Bonchev–Trinajstić information content (AvgIpc) is 2.69. The van der Waals surface area contributed by atoms with Crippen molar-refractivity contribution in [1.82, 2.24) is 4.90 Å². The summed E-state index contributed by atoms with van der Waals surface area (Å²) in [5.74, 6) is 0.0951. The first-order valence-electron chi connectivity index (χ1n) is 6.39. The third-order valence-corrected chi connectivity index (χ3v) is 3.17. The lowest BCUT2D eigenvalue weighted by molar-refractivity contribution is -0.138. The van der Waals surface area contributed by atoms with Crippen molar-refractivity contribution in [3.63, 3.8) is 0 Å². The number of aliphatic carboxylic acids is 1. The maximum Gasteiger partial charge on any atom is 0.317 e. The molecule has 0 spiro atoms. The van der Waals surface area contributed by atoms with Crippen LogP contribution in [0.5, 0.6) is 5.75 Å². The van der Waals surface area contributed by atoms with Crippen molar-refractivity contribution in [2.75, 3.05) is 19.6 Å². The van der Waals surface area contributed by atoms with E-state index in [1.165, 1.54) is 11.1 Å². The van der Waals surface area contributed by atoms with Gasteiger partial charge in [0, 0.05) is 19.5 Å². The fourth-order valence-corrected chi connectivity index (χ4v) is 2.42. The Morgan fingerprint density at radius 2 is 2.42 bits per heavy atom. The third kappa shape index (κ3) is 3.58. The SMILES string of the molecule is C=CCN(CC(=O)O)CC1Cc2cc(C)ccc2O1. The van der Waals surface area contributed by atoms with Gasteiger partial charge in [-0.2, -0.15) is 0 Å². The molecule has 102 valence electrons. The topological polar surface area (TPSA) is 49.8 Å². The Labute approximate surface area is 113 Å². The van der Waals surface area contributed by atoms with Gasteiger partial charge in [0.1, 0.15) is 11.9 Å². The summed E-state index contributed by atoms with van der Waals surface area (Å²) in [5, 5.41) is 8.88. The molecule has 4 heteroatoms. The van der Waals surface area contributed by atoms with Gasteiger partial charge < -0.3 is 9.84 Å². The summed E-state index contributed by atoms with van der Waals surface area (Å²) in [5.41, 5.74) is 2.43. The van der Waals surface area contributed by atoms with Crippen LogP contribution in [0.2, 0.25) is 0 Å². The molecule has 0 aromatic heterocycles. The quantitative estimate of drug-likeness (QED) is 0.794. The number of hydrogen-bond acceptors (Lipinski definition) is 3. The van der Waals surface area contributed by atoms with E-state index in [1.54, 1.807) is 6.08 Å². The molecule has 1 aromatic rings. The van der Waals surface area contributed by atoms with Gasteiger partial charge in [0.05, 0.1) is 6.54 Å². The Morgan fingerprint density at radius 1 is 1.63 bits per heavy atom. The number of hydrogen-bond donors (Lipinski definition) is 1. The number of carbonyl (C=O) groups is 1. The van der Waals surface area contributed by atoms with Crippen molar-refractivity contribution in [3.05, 3.63) is 42.0 Å². The first-order chi connectivity index (χ1) is 9.08. The largest absolute Gasteiger partial charge is 0.488 e. The minimum absolute atomic E-state index is 0.0151. The molecule has 0 fully saturated rings. The fraction of sp³-hybridized carbons (Fsp3) is 0.400. The number of nitrogens with zero attached hydrogens (tertiary/aromatic N) is 1. The number of fused-ring (bicyclic) bond motifs is 1. The first-order valence-corrected chi connectivity index (χ1v) is 6.39. The van der Waals surface area contributed by atoms with Gasteiger partial charge in [-0.25, -0.2) is 0 Å². The highest BCUT2D eigenvalue weighted by Gasteiger charge is 2.25. The lowest BCUT2D eigenvalue weighted by Gasteiger charge is -2.22. The van der Waals surface area contributed by atoms with E-state index in [1.807, 2.05) is 17.0 Å². The molecule has 4 nitrogen and oxygen atoms in total. The van der Waals surface area contributed by atoms with Crippen molar-refractivity contribution >= 4 is 5.97 Å². The zero-order chi connectivity index (χ0) is 13.8. The fourth-order valence-electron chi connectivity index (χ4n) is 2.42. The first kappa shape index (κ1) is 13.6. The molecule has 2 rings (SSSR count). The third-order valence-electron chi connectivity index (χ3n) is 3.17. The molecule has 0 bridgehead atoms. The number of ether oxygens (including phenoxy) is 1. The van der Waals surface area contributed by atoms with Crippen LogP contribution in [-0.4, -0.2) is 41.7 Å². The van der Waals surface area contributed by atoms with Gasteiger partial charge in [-0.15, -0.1) is 6.58 Å². The van der Waals surface area contributed by atoms with E-state index in [0.717, 1.165) is 12.2 Å². The summed E-state index contributed by atoms with van der Waals surface area (Å²) >= 11 is 0. The van der Waals surface area contributed by atoms with E-state index in [0.29, 0.717) is 13.1 Å². The van der Waals surface area contributed by atoms with Gasteiger partial charge in [0.25, 0.3) is 0 Å². The van der Waals surface area contributed by atoms with Crippen LogP contribution >= 0.6 is 0 Å². The molecule has 1 aromatic carbocycles. The van der Waals surface area contributed by atoms with Gasteiger partial charge in [-0.1, -0.05) is 23.8 Å². The lowest BCUT2D eigenvalue weighted by atomic mass is 10.1. The zero-order valence-electron chi connectivity index (χ0n) is 11.1. The van der Waals surface area contributed by atoms with Crippen molar-refractivity contribution < 1.29 is 14.6 Å². The normalized spacial score (nSPS) is 17.1. The van der Waals surface area contributed by atoms with Crippen molar-refractivity contribution in [2.45, 2.75) is 19.4 Å². The monoisotopic (exact) mass is 261 g/mol. The van der Waals surface area contributed by atoms with Crippen LogP contribution in [0.3, 0.4) is 0 Å². The summed E-state index contributed by atoms with van der Waals surface area (Å²) in [6.07, 6.45) is 2.58. The van der Waals surface area contributed by atoms with Crippen molar-refractivity contribution in [1.29, 1.82) is 0 Å². The number of benzene rings is 1. The summed E-state index contributed by atoms with van der Waals surface area (Å²) in [6.45, 7) is 6.89. The van der Waals surface area contributed by atoms with Crippen LogP contribution in [-0.2, 0) is 11.2 Å². The molecule has 1 unspecified atom stereocenters. The van der Waals surface area contributed by atoms with Crippen LogP contribution in [0.1, 0.15) is 11.1 Å². The molecule has 0 aliphatic carbocycles. The molecule has 1 heterocycles. The van der Waals surface area contributed by atoms with Crippen LogP contribution in [0.4, 0.5) is 0 Å². The van der Waals surface area contributed by atoms with Crippen molar-refractivity contribution in [3.8, 4) is 5.75 Å². The van der Waals surface area contributed by atoms with E-state index in [2.05, 4.69) is 19.6 Å². The standard InChI is InChI=1S/C15H19NO3/c1-3-6-16(10-15(17)18)9-13-8-12-7-11(2)4-5-14(12)19-13/h3-5,7,13H,1,6,8-10H2,2H3,(H,17,18). The molecule has 1 N–H and O–H groups in total. The van der Waals surface area contributed by atoms with Gasteiger partial charge >= 0.3 is 5.97 Å². The van der Waals surface area contributed by atoms with Gasteiger partial charge in [-0.3, -0.25) is 9.69 Å². The molecule has 1 aliphatic rings. The highest BCUT2D eigenvalue weighted by atomic mass is 16.5. The molecule has 1 aliphatic heterocycles. The van der Waals surface area contributed by atoms with Crippen LogP contribution in [0, 0.1) is 6.92 Å². The van der Waals surface area contributed by atoms with E-state index < -0.39 is 5.97 Å². The molecule has 0 saturated carbocycles. The van der Waals surface area contributed by atoms with Crippen LogP contribution < -0.4 is 4.74 Å². The summed E-state index contributed by atoms with van der Waals surface area (Å²) in [4.78, 5) is 12.6. The Kier molecular flexibility index (Phi) is 4.22. The van der Waals surface area contributed by atoms with E-state index in [4.69, 9.17) is 9.84 Å². The second-order valence-electron chi connectivity index (χ2n) is 4.93. The van der Waals surface area contributed by atoms with E-state index >= 15 is 0 Å². The van der Waals surface area contributed by atoms with E-state index in [-0.39, 0.29) is 12.6 Å². The smallest absolute Gasteiger partial charge is 0.317 e. The van der Waals surface area contributed by atoms with Gasteiger partial charge in [-0.05, 0) is 18.6 Å². The molecular weight excluding hydrogens is 242 g/mol. The maximum atomic E-state index is 10.8. The maximum absolute atomic E-state index is 10.8. The van der Waals surface area contributed by atoms with Crippen molar-refractivity contribution in [2.24, 2.45) is 0 Å². The Bertz CT molecular complexity index is 484. The number of aryl methyl sites for hydroxylation is 1. The minimum atomic E-state index is -0.826. The molecule has 0 saturated heterocycles. The molecule has 0 amide bonds. The Balaban J connectivity index is 1.97. The highest BCUT2D eigenvalue weighted by Crippen LogP contribution is 2.29. The lowest BCUT2D eigenvalue weighted by Crippen LogP contribution is -2.38. The molecular formula is C15H19NO3. The highest BCUT2D eigenvalue weighted by molar-refractivity contribution is 5.69. The average molecular weight is 261 g/mol. The predicted molar refractivity (Wildman–Crippen MR) is 73.6 cm³/mol. The second-order valence-corrected chi connectivity index (χ2v) is 4.93. The van der Waals surface area contributed by atoms with Crippen LogP contribution in [0.15, 0.2) is 30.9 Å². The van der Waals surface area contributed by atoms with Crippen LogP contribution in [0.25, 0.3) is 0 Å². The number of rotatable bonds is 6. The van der Waals surface area contributed by atoms with Gasteiger partial charge in [0.15, 0.2) is 0 Å². The predicted octanol–water partition coefficient (Wildman–Crippen LogP) is 1.87.